The van der Waals surface area contributed by atoms with Crippen molar-refractivity contribution >= 4 is 10.8 Å². The number of halogens is 1. The smallest absolute Gasteiger partial charge is 0.223 e. The normalized spacial score (nSPS) is 12.4. The van der Waals surface area contributed by atoms with Gasteiger partial charge >= 0.3 is 0 Å². The monoisotopic (exact) mass is 347 g/mol. The van der Waals surface area contributed by atoms with Crippen LogP contribution in [-0.4, -0.2) is 10.1 Å². The zero-order valence-electron chi connectivity index (χ0n) is 14.3. The molecule has 0 spiro atoms. The molecule has 0 bridgehead atoms. The van der Waals surface area contributed by atoms with Gasteiger partial charge in [0, 0.05) is 19.0 Å². The second-order valence-corrected chi connectivity index (χ2v) is 6.15. The van der Waals surface area contributed by atoms with Gasteiger partial charge in [0.25, 0.3) is 0 Å². The Balaban J connectivity index is 1.68. The second kappa shape index (κ2) is 7.06. The number of hydrogen-bond acceptors (Lipinski definition) is 4. The summed E-state index contributed by atoms with van der Waals surface area (Å²) in [6.45, 7) is 2.27. The molecule has 130 valence electrons. The van der Waals surface area contributed by atoms with Crippen molar-refractivity contribution in [2.24, 2.45) is 0 Å². The van der Waals surface area contributed by atoms with Gasteiger partial charge in [-0.15, -0.1) is 0 Å². The Labute approximate surface area is 150 Å². The Morgan fingerprint density at radius 2 is 1.77 bits per heavy atom. The van der Waals surface area contributed by atoms with E-state index >= 15 is 0 Å². The minimum Gasteiger partial charge on any atom is -0.340 e. The number of hydrogen-bond donors (Lipinski definition) is 1. The average molecular weight is 347 g/mol. The van der Waals surface area contributed by atoms with Crippen molar-refractivity contribution in [2.45, 2.75) is 19.5 Å². The van der Waals surface area contributed by atoms with Crippen LogP contribution in [0.4, 0.5) is 4.39 Å². The molecule has 0 aliphatic carbocycles. The van der Waals surface area contributed by atoms with Crippen LogP contribution in [0.5, 0.6) is 0 Å². The summed E-state index contributed by atoms with van der Waals surface area (Å²) in [6.07, 6.45) is 0. The van der Waals surface area contributed by atoms with Gasteiger partial charge in [0.15, 0.2) is 5.82 Å². The van der Waals surface area contributed by atoms with Crippen LogP contribution in [0.25, 0.3) is 10.8 Å². The zero-order chi connectivity index (χ0) is 17.9. The fourth-order valence-corrected chi connectivity index (χ4v) is 3.14. The minimum absolute atomic E-state index is 0.301. The van der Waals surface area contributed by atoms with Crippen LogP contribution in [0, 0.1) is 12.7 Å². The van der Waals surface area contributed by atoms with Gasteiger partial charge in [0.2, 0.25) is 5.89 Å². The average Bonchev–Trinajstić information content (AvgIpc) is 3.09. The molecular formula is C21H18FN3O. The predicted octanol–water partition coefficient (Wildman–Crippen LogP) is 4.55. The molecule has 1 N–H and O–H groups in total. The quantitative estimate of drug-likeness (QED) is 0.575. The van der Waals surface area contributed by atoms with Crippen molar-refractivity contribution < 1.29 is 8.91 Å². The first-order valence-corrected chi connectivity index (χ1v) is 8.47. The Morgan fingerprint density at radius 1 is 1.00 bits per heavy atom. The maximum absolute atomic E-state index is 14.4. The van der Waals surface area contributed by atoms with E-state index in [-0.39, 0.29) is 5.82 Å². The third-order valence-electron chi connectivity index (χ3n) is 4.39. The summed E-state index contributed by atoms with van der Waals surface area (Å²) >= 11 is 0. The van der Waals surface area contributed by atoms with Gasteiger partial charge in [-0.05, 0) is 22.4 Å². The molecule has 3 aromatic carbocycles. The first-order valence-electron chi connectivity index (χ1n) is 8.47. The highest BCUT2D eigenvalue weighted by molar-refractivity contribution is 5.85. The first-order chi connectivity index (χ1) is 12.7. The molecule has 0 saturated carbocycles. The largest absolute Gasteiger partial charge is 0.340 e. The lowest BCUT2D eigenvalue weighted by molar-refractivity contribution is 0.380. The lowest BCUT2D eigenvalue weighted by Gasteiger charge is -2.17. The lowest BCUT2D eigenvalue weighted by atomic mass is 10.0. The maximum atomic E-state index is 14.4. The van der Waals surface area contributed by atoms with E-state index in [1.165, 1.54) is 16.8 Å². The van der Waals surface area contributed by atoms with Crippen LogP contribution in [0.3, 0.4) is 0 Å². The molecule has 4 aromatic rings. The van der Waals surface area contributed by atoms with Crippen molar-refractivity contribution in [3.05, 3.63) is 95.4 Å². The van der Waals surface area contributed by atoms with Crippen LogP contribution < -0.4 is 5.32 Å². The van der Waals surface area contributed by atoms with Crippen LogP contribution in [0.2, 0.25) is 0 Å². The molecular weight excluding hydrogens is 329 g/mol. The summed E-state index contributed by atoms with van der Waals surface area (Å²) in [5.41, 5.74) is 1.62. The van der Waals surface area contributed by atoms with E-state index in [9.17, 15) is 4.39 Å². The van der Waals surface area contributed by atoms with E-state index in [0.29, 0.717) is 23.8 Å². The molecule has 1 atom stereocenters. The van der Waals surface area contributed by atoms with Gasteiger partial charge in [0.05, 0.1) is 6.04 Å². The van der Waals surface area contributed by atoms with E-state index in [1.807, 2.05) is 18.2 Å². The van der Waals surface area contributed by atoms with Gasteiger partial charge < -0.3 is 4.52 Å². The molecule has 1 heterocycles. The maximum Gasteiger partial charge on any atom is 0.223 e. The van der Waals surface area contributed by atoms with Crippen molar-refractivity contribution in [1.29, 1.82) is 0 Å². The number of fused-ring (bicyclic) bond motifs is 1. The van der Waals surface area contributed by atoms with Gasteiger partial charge in [-0.2, -0.15) is 4.98 Å². The summed E-state index contributed by atoms with van der Waals surface area (Å²) in [6, 6.07) is 20.5. The lowest BCUT2D eigenvalue weighted by Crippen LogP contribution is -2.24. The highest BCUT2D eigenvalue weighted by atomic mass is 19.1. The first kappa shape index (κ1) is 16.4. The Bertz CT molecular complexity index is 1040. The summed E-state index contributed by atoms with van der Waals surface area (Å²) in [5.74, 6) is 0.575. The van der Waals surface area contributed by atoms with Gasteiger partial charge in [-0.1, -0.05) is 65.8 Å². The van der Waals surface area contributed by atoms with E-state index in [1.54, 1.807) is 25.1 Å². The number of aromatic nitrogens is 2. The summed E-state index contributed by atoms with van der Waals surface area (Å²) in [7, 11) is 0. The third-order valence-corrected chi connectivity index (χ3v) is 4.39. The van der Waals surface area contributed by atoms with Crippen molar-refractivity contribution in [2.75, 3.05) is 0 Å². The predicted molar refractivity (Wildman–Crippen MR) is 98.1 cm³/mol. The highest BCUT2D eigenvalue weighted by Gasteiger charge is 2.22. The fourth-order valence-electron chi connectivity index (χ4n) is 3.14. The Morgan fingerprint density at radius 3 is 2.58 bits per heavy atom. The molecule has 0 saturated heterocycles. The highest BCUT2D eigenvalue weighted by Crippen LogP contribution is 2.24. The van der Waals surface area contributed by atoms with E-state index in [4.69, 9.17) is 4.52 Å². The molecule has 0 unspecified atom stereocenters. The van der Waals surface area contributed by atoms with Gasteiger partial charge in [-0.3, -0.25) is 5.32 Å². The molecule has 0 radical (unpaired) electrons. The van der Waals surface area contributed by atoms with Crippen LogP contribution in [-0.2, 0) is 6.54 Å². The molecule has 0 amide bonds. The van der Waals surface area contributed by atoms with Crippen molar-refractivity contribution in [3.63, 3.8) is 0 Å². The number of nitrogens with zero attached hydrogens (tertiary/aromatic N) is 2. The molecule has 0 aliphatic rings. The number of nitrogens with one attached hydrogen (secondary N) is 1. The zero-order valence-corrected chi connectivity index (χ0v) is 14.3. The SMILES string of the molecule is Cc1nc([C@H](NCc2cccc3ccccc23)c2ccccc2F)no1. The van der Waals surface area contributed by atoms with Crippen LogP contribution >= 0.6 is 0 Å². The van der Waals surface area contributed by atoms with E-state index in [0.717, 1.165) is 5.56 Å². The topological polar surface area (TPSA) is 51.0 Å². The number of rotatable bonds is 5. The minimum atomic E-state index is -0.493. The standard InChI is InChI=1S/C21H18FN3O/c1-14-24-21(25-26-14)20(18-11-4-5-12-19(18)22)23-13-16-9-6-8-15-7-2-3-10-17(15)16/h2-12,20,23H,13H2,1H3/t20-/m1/s1. The molecule has 0 fully saturated rings. The van der Waals surface area contributed by atoms with E-state index < -0.39 is 6.04 Å². The Kier molecular flexibility index (Phi) is 4.46. The molecule has 4 rings (SSSR count). The number of aryl methyl sites for hydroxylation is 1. The summed E-state index contributed by atoms with van der Waals surface area (Å²) < 4.78 is 19.5. The summed E-state index contributed by atoms with van der Waals surface area (Å²) in [5, 5.41) is 9.72. The summed E-state index contributed by atoms with van der Waals surface area (Å²) in [4.78, 5) is 4.30. The molecule has 5 heteroatoms. The number of benzene rings is 3. The molecule has 0 aliphatic heterocycles. The Hall–Kier alpha value is -3.05. The van der Waals surface area contributed by atoms with Gasteiger partial charge in [0.1, 0.15) is 5.82 Å². The molecule has 1 aromatic heterocycles. The van der Waals surface area contributed by atoms with Crippen molar-refractivity contribution in [1.82, 2.24) is 15.5 Å². The van der Waals surface area contributed by atoms with Crippen LogP contribution in [0.1, 0.15) is 28.9 Å². The van der Waals surface area contributed by atoms with Crippen molar-refractivity contribution in [3.8, 4) is 0 Å². The van der Waals surface area contributed by atoms with E-state index in [2.05, 4.69) is 39.7 Å². The molecule has 26 heavy (non-hydrogen) atoms. The third kappa shape index (κ3) is 3.21. The van der Waals surface area contributed by atoms with Crippen LogP contribution in [0.15, 0.2) is 71.3 Å². The molecule has 4 nitrogen and oxygen atoms in total. The van der Waals surface area contributed by atoms with Gasteiger partial charge in [-0.25, -0.2) is 4.39 Å². The second-order valence-electron chi connectivity index (χ2n) is 6.15. The fraction of sp³-hybridized carbons (Fsp3) is 0.143.